The number of hydrogen-bond donors (Lipinski definition) is 0. The van der Waals surface area contributed by atoms with Crippen molar-refractivity contribution in [1.82, 2.24) is 14.8 Å². The lowest BCUT2D eigenvalue weighted by Gasteiger charge is -2.14. The van der Waals surface area contributed by atoms with Gasteiger partial charge in [-0.1, -0.05) is 20.3 Å². The Bertz CT molecular complexity index is 272. The van der Waals surface area contributed by atoms with Crippen LogP contribution in [0.5, 0.6) is 0 Å². The first-order chi connectivity index (χ1) is 6.19. The quantitative estimate of drug-likeness (QED) is 0.851. The van der Waals surface area contributed by atoms with E-state index in [0.29, 0.717) is 10.8 Å². The number of nitrogens with zero attached hydrogens (tertiary/aromatic N) is 3. The highest BCUT2D eigenvalue weighted by molar-refractivity contribution is 9.11. The summed E-state index contributed by atoms with van der Waals surface area (Å²) >= 11 is 6.65. The Morgan fingerprint density at radius 3 is 2.46 bits per heavy atom. The minimum absolute atomic E-state index is 0.457. The van der Waals surface area contributed by atoms with Crippen LogP contribution in [0.2, 0.25) is 0 Å². The van der Waals surface area contributed by atoms with Crippen molar-refractivity contribution in [3.05, 3.63) is 9.47 Å². The molecule has 0 saturated heterocycles. The van der Waals surface area contributed by atoms with Gasteiger partial charge in [0.1, 0.15) is 0 Å². The molecule has 0 aliphatic carbocycles. The minimum Gasteiger partial charge on any atom is -0.236 e. The first kappa shape index (κ1) is 11.2. The van der Waals surface area contributed by atoms with E-state index in [1.54, 1.807) is 0 Å². The predicted octanol–water partition coefficient (Wildman–Crippen LogP) is 3.55. The third-order valence-corrected chi connectivity index (χ3v) is 2.88. The molecule has 1 heterocycles. The highest BCUT2D eigenvalue weighted by Crippen LogP contribution is 2.22. The summed E-state index contributed by atoms with van der Waals surface area (Å²) in [6.07, 6.45) is 3.40. The molecule has 74 valence electrons. The first-order valence-corrected chi connectivity index (χ1v) is 6.05. The molecule has 0 bridgehead atoms. The number of halogens is 2. The van der Waals surface area contributed by atoms with Gasteiger partial charge in [-0.15, -0.1) is 5.10 Å². The molecule has 0 spiro atoms. The Kier molecular flexibility index (Phi) is 4.38. The van der Waals surface area contributed by atoms with Gasteiger partial charge in [0.05, 0.1) is 6.04 Å². The van der Waals surface area contributed by atoms with Crippen molar-refractivity contribution in [2.75, 3.05) is 0 Å². The maximum atomic E-state index is 4.28. The summed E-state index contributed by atoms with van der Waals surface area (Å²) in [6, 6.07) is 0.457. The van der Waals surface area contributed by atoms with E-state index in [1.165, 1.54) is 6.42 Å². The van der Waals surface area contributed by atoms with Crippen LogP contribution in [0.25, 0.3) is 0 Å². The van der Waals surface area contributed by atoms with Gasteiger partial charge in [-0.25, -0.2) is 4.68 Å². The van der Waals surface area contributed by atoms with E-state index in [0.717, 1.165) is 17.6 Å². The normalized spacial score (nSPS) is 13.2. The van der Waals surface area contributed by atoms with Crippen molar-refractivity contribution in [2.45, 2.75) is 39.2 Å². The van der Waals surface area contributed by atoms with E-state index in [1.807, 2.05) is 4.68 Å². The standard InChI is InChI=1S/C8H13Br2N3/c1-3-5-6(4-2)13-8(10)11-7(9)12-13/h6H,3-5H2,1-2H3. The molecule has 0 aliphatic heterocycles. The van der Waals surface area contributed by atoms with Crippen LogP contribution in [0.4, 0.5) is 0 Å². The summed E-state index contributed by atoms with van der Waals surface area (Å²) in [5.74, 6) is 0. The van der Waals surface area contributed by atoms with E-state index in [-0.39, 0.29) is 0 Å². The van der Waals surface area contributed by atoms with E-state index in [9.17, 15) is 0 Å². The Morgan fingerprint density at radius 1 is 1.38 bits per heavy atom. The number of hydrogen-bond acceptors (Lipinski definition) is 2. The average Bonchev–Trinajstić information content (AvgIpc) is 2.41. The van der Waals surface area contributed by atoms with E-state index in [2.05, 4.69) is 55.8 Å². The predicted molar refractivity (Wildman–Crippen MR) is 59.7 cm³/mol. The largest absolute Gasteiger partial charge is 0.236 e. The Balaban J connectivity index is 2.83. The summed E-state index contributed by atoms with van der Waals surface area (Å²) < 4.78 is 3.39. The molecule has 0 N–H and O–H groups in total. The maximum absolute atomic E-state index is 4.28. The zero-order valence-corrected chi connectivity index (χ0v) is 11.0. The second-order valence-electron chi connectivity index (χ2n) is 2.95. The fourth-order valence-electron chi connectivity index (χ4n) is 1.34. The van der Waals surface area contributed by atoms with Crippen LogP contribution < -0.4 is 0 Å². The molecular formula is C8H13Br2N3. The van der Waals surface area contributed by atoms with Crippen molar-refractivity contribution >= 4 is 31.9 Å². The molecule has 5 heteroatoms. The third kappa shape index (κ3) is 2.77. The molecule has 1 unspecified atom stereocenters. The SMILES string of the molecule is CCCC(CC)n1nc(Br)nc1Br. The lowest BCUT2D eigenvalue weighted by molar-refractivity contribution is 0.400. The van der Waals surface area contributed by atoms with Gasteiger partial charge in [-0.3, -0.25) is 0 Å². The second-order valence-corrected chi connectivity index (χ2v) is 4.36. The van der Waals surface area contributed by atoms with E-state index in [4.69, 9.17) is 0 Å². The van der Waals surface area contributed by atoms with Crippen LogP contribution in [-0.4, -0.2) is 14.8 Å². The van der Waals surface area contributed by atoms with E-state index >= 15 is 0 Å². The second kappa shape index (κ2) is 5.10. The summed E-state index contributed by atoms with van der Waals surface area (Å²) in [7, 11) is 0. The first-order valence-electron chi connectivity index (χ1n) is 4.46. The zero-order chi connectivity index (χ0) is 9.84. The van der Waals surface area contributed by atoms with Crippen LogP contribution >= 0.6 is 31.9 Å². The van der Waals surface area contributed by atoms with Crippen molar-refractivity contribution < 1.29 is 0 Å². The van der Waals surface area contributed by atoms with Gasteiger partial charge in [0.25, 0.3) is 0 Å². The highest BCUT2D eigenvalue weighted by Gasteiger charge is 2.13. The molecule has 0 amide bonds. The van der Waals surface area contributed by atoms with Gasteiger partial charge in [0.2, 0.25) is 4.73 Å². The average molecular weight is 311 g/mol. The van der Waals surface area contributed by atoms with Crippen LogP contribution in [0, 0.1) is 0 Å². The fourth-order valence-corrected chi connectivity index (χ4v) is 2.46. The molecule has 13 heavy (non-hydrogen) atoms. The molecular weight excluding hydrogens is 298 g/mol. The van der Waals surface area contributed by atoms with Gasteiger partial charge in [0.15, 0.2) is 4.73 Å². The summed E-state index contributed by atoms with van der Waals surface area (Å²) in [4.78, 5) is 4.15. The minimum atomic E-state index is 0.457. The molecule has 1 atom stereocenters. The van der Waals surface area contributed by atoms with Crippen molar-refractivity contribution in [3.8, 4) is 0 Å². The van der Waals surface area contributed by atoms with Crippen LogP contribution in [0.1, 0.15) is 39.2 Å². The van der Waals surface area contributed by atoms with Gasteiger partial charge in [-0.2, -0.15) is 4.98 Å². The van der Waals surface area contributed by atoms with Crippen molar-refractivity contribution in [1.29, 1.82) is 0 Å². The Hall–Kier alpha value is 0.1000. The molecule has 1 aromatic rings. The van der Waals surface area contributed by atoms with Crippen LogP contribution in [0.15, 0.2) is 9.47 Å². The van der Waals surface area contributed by atoms with Crippen molar-refractivity contribution in [2.24, 2.45) is 0 Å². The summed E-state index contributed by atoms with van der Waals surface area (Å²) in [5.41, 5.74) is 0. The molecule has 1 aromatic heterocycles. The molecule has 0 radical (unpaired) electrons. The van der Waals surface area contributed by atoms with Gasteiger partial charge in [0, 0.05) is 0 Å². The Morgan fingerprint density at radius 2 is 2.08 bits per heavy atom. The monoisotopic (exact) mass is 309 g/mol. The number of rotatable bonds is 4. The van der Waals surface area contributed by atoms with Crippen molar-refractivity contribution in [3.63, 3.8) is 0 Å². The summed E-state index contributed by atoms with van der Waals surface area (Å²) in [6.45, 7) is 4.35. The topological polar surface area (TPSA) is 30.7 Å². The van der Waals surface area contributed by atoms with E-state index < -0.39 is 0 Å². The third-order valence-electron chi connectivity index (χ3n) is 2.00. The maximum Gasteiger partial charge on any atom is 0.218 e. The fraction of sp³-hybridized carbons (Fsp3) is 0.750. The molecule has 0 fully saturated rings. The molecule has 1 rings (SSSR count). The molecule has 0 aromatic carbocycles. The van der Waals surface area contributed by atoms with Crippen LogP contribution in [0.3, 0.4) is 0 Å². The molecule has 3 nitrogen and oxygen atoms in total. The lowest BCUT2D eigenvalue weighted by Crippen LogP contribution is -2.09. The Labute approximate surface area is 95.2 Å². The van der Waals surface area contributed by atoms with Gasteiger partial charge < -0.3 is 0 Å². The highest BCUT2D eigenvalue weighted by atomic mass is 79.9. The summed E-state index contributed by atoms with van der Waals surface area (Å²) in [5, 5.41) is 4.28. The molecule has 0 saturated carbocycles. The molecule has 0 aliphatic rings. The van der Waals surface area contributed by atoms with Crippen LogP contribution in [-0.2, 0) is 0 Å². The lowest BCUT2D eigenvalue weighted by atomic mass is 10.1. The number of aromatic nitrogens is 3. The van der Waals surface area contributed by atoms with Gasteiger partial charge >= 0.3 is 0 Å². The van der Waals surface area contributed by atoms with Gasteiger partial charge in [-0.05, 0) is 44.7 Å². The zero-order valence-electron chi connectivity index (χ0n) is 7.80. The smallest absolute Gasteiger partial charge is 0.218 e.